The summed E-state index contributed by atoms with van der Waals surface area (Å²) >= 11 is 12.2. The minimum Gasteiger partial charge on any atom is -0.497 e. The van der Waals surface area contributed by atoms with E-state index in [1.807, 2.05) is 18.2 Å². The summed E-state index contributed by atoms with van der Waals surface area (Å²) in [6.07, 6.45) is 1.63. The molecule has 0 bridgehead atoms. The van der Waals surface area contributed by atoms with E-state index >= 15 is 0 Å². The molecular weight excluding hydrogens is 375 g/mol. The highest BCUT2D eigenvalue weighted by Crippen LogP contribution is 2.32. The van der Waals surface area contributed by atoms with Gasteiger partial charge in [-0.3, -0.25) is 0 Å². The third kappa shape index (κ3) is 4.28. The highest BCUT2D eigenvalue weighted by Gasteiger charge is 2.08. The van der Waals surface area contributed by atoms with Crippen LogP contribution in [0.15, 0.2) is 48.7 Å². The van der Waals surface area contributed by atoms with Crippen LogP contribution in [0, 0.1) is 0 Å². The molecule has 1 heterocycles. The Labute approximate surface area is 161 Å². The van der Waals surface area contributed by atoms with Crippen LogP contribution in [0.2, 0.25) is 10.0 Å². The largest absolute Gasteiger partial charge is 0.497 e. The zero-order chi connectivity index (χ0) is 18.5. The molecule has 0 aliphatic carbocycles. The maximum atomic E-state index is 6.17. The van der Waals surface area contributed by atoms with Crippen molar-refractivity contribution in [3.63, 3.8) is 0 Å². The summed E-state index contributed by atoms with van der Waals surface area (Å²) in [5.74, 6) is 2.32. The Kier molecular flexibility index (Phi) is 5.65. The molecule has 8 heteroatoms. The standard InChI is InChI=1S/C18H16Cl2N4O2/c1-25-12-4-6-16(26-2)15(10-12)22-17-7-8-21-18(24-17)23-14-9-11(19)3-5-13(14)20/h3-10H,1-2H3,(H2,21,22,23,24). The fourth-order valence-electron chi connectivity index (χ4n) is 2.25. The molecule has 0 saturated heterocycles. The number of hydrogen-bond acceptors (Lipinski definition) is 6. The predicted molar refractivity (Wildman–Crippen MR) is 105 cm³/mol. The molecule has 0 radical (unpaired) electrons. The van der Waals surface area contributed by atoms with Crippen molar-refractivity contribution in [2.45, 2.75) is 0 Å². The molecule has 0 amide bonds. The maximum absolute atomic E-state index is 6.17. The first-order chi connectivity index (χ1) is 12.6. The first-order valence-corrected chi connectivity index (χ1v) is 8.39. The van der Waals surface area contributed by atoms with Gasteiger partial charge in [0.1, 0.15) is 17.3 Å². The number of ether oxygens (including phenoxy) is 2. The molecule has 3 rings (SSSR count). The van der Waals surface area contributed by atoms with Crippen molar-refractivity contribution >= 4 is 46.3 Å². The van der Waals surface area contributed by atoms with Gasteiger partial charge in [0.05, 0.1) is 30.6 Å². The molecule has 0 aliphatic heterocycles. The third-order valence-electron chi connectivity index (χ3n) is 3.50. The van der Waals surface area contributed by atoms with Gasteiger partial charge in [0, 0.05) is 17.3 Å². The van der Waals surface area contributed by atoms with Gasteiger partial charge in [0.2, 0.25) is 5.95 Å². The minimum atomic E-state index is 0.376. The van der Waals surface area contributed by atoms with Crippen molar-refractivity contribution in [2.75, 3.05) is 24.9 Å². The summed E-state index contributed by atoms with van der Waals surface area (Å²) < 4.78 is 10.6. The zero-order valence-electron chi connectivity index (χ0n) is 14.1. The number of anilines is 4. The Hall–Kier alpha value is -2.70. The fourth-order valence-corrected chi connectivity index (χ4v) is 2.59. The highest BCUT2D eigenvalue weighted by molar-refractivity contribution is 6.35. The second-order valence-electron chi connectivity index (χ2n) is 5.21. The maximum Gasteiger partial charge on any atom is 0.229 e. The molecule has 0 unspecified atom stereocenters. The average molecular weight is 391 g/mol. The van der Waals surface area contributed by atoms with Crippen molar-refractivity contribution in [1.82, 2.24) is 9.97 Å². The number of methoxy groups -OCH3 is 2. The summed E-state index contributed by atoms with van der Waals surface area (Å²) in [7, 11) is 3.20. The van der Waals surface area contributed by atoms with E-state index < -0.39 is 0 Å². The smallest absolute Gasteiger partial charge is 0.229 e. The normalized spacial score (nSPS) is 10.3. The van der Waals surface area contributed by atoms with Crippen molar-refractivity contribution in [1.29, 1.82) is 0 Å². The van der Waals surface area contributed by atoms with Gasteiger partial charge in [0.15, 0.2) is 0 Å². The zero-order valence-corrected chi connectivity index (χ0v) is 15.6. The van der Waals surface area contributed by atoms with E-state index in [2.05, 4.69) is 20.6 Å². The fraction of sp³-hybridized carbons (Fsp3) is 0.111. The number of rotatable bonds is 6. The van der Waals surface area contributed by atoms with E-state index in [0.717, 1.165) is 5.69 Å². The first kappa shape index (κ1) is 18.1. The molecule has 3 aromatic rings. The second kappa shape index (κ2) is 8.12. The molecule has 6 nitrogen and oxygen atoms in total. The van der Waals surface area contributed by atoms with Gasteiger partial charge in [-0.05, 0) is 36.4 Å². The van der Waals surface area contributed by atoms with Crippen LogP contribution in [0.3, 0.4) is 0 Å². The summed E-state index contributed by atoms with van der Waals surface area (Å²) in [6, 6.07) is 12.3. The molecule has 0 aliphatic rings. The molecular formula is C18H16Cl2N4O2. The monoisotopic (exact) mass is 390 g/mol. The molecule has 0 fully saturated rings. The summed E-state index contributed by atoms with van der Waals surface area (Å²) in [5, 5.41) is 7.33. The van der Waals surface area contributed by atoms with E-state index in [9.17, 15) is 0 Å². The molecule has 134 valence electrons. The Morgan fingerprint density at radius 3 is 2.50 bits per heavy atom. The molecule has 0 atom stereocenters. The van der Waals surface area contributed by atoms with Crippen LogP contribution in [0.5, 0.6) is 11.5 Å². The van der Waals surface area contributed by atoms with E-state index in [1.54, 1.807) is 44.7 Å². The highest BCUT2D eigenvalue weighted by atomic mass is 35.5. The topological polar surface area (TPSA) is 68.3 Å². The van der Waals surface area contributed by atoms with Gasteiger partial charge in [0.25, 0.3) is 0 Å². The van der Waals surface area contributed by atoms with E-state index in [1.165, 1.54) is 0 Å². The van der Waals surface area contributed by atoms with Gasteiger partial charge in [-0.1, -0.05) is 23.2 Å². The molecule has 0 spiro atoms. The van der Waals surface area contributed by atoms with Crippen molar-refractivity contribution in [2.24, 2.45) is 0 Å². The van der Waals surface area contributed by atoms with Crippen molar-refractivity contribution in [3.05, 3.63) is 58.7 Å². The van der Waals surface area contributed by atoms with Crippen LogP contribution >= 0.6 is 23.2 Å². The lowest BCUT2D eigenvalue weighted by Crippen LogP contribution is -2.02. The lowest BCUT2D eigenvalue weighted by Gasteiger charge is -2.13. The summed E-state index contributed by atoms with van der Waals surface area (Å²) in [6.45, 7) is 0. The number of aromatic nitrogens is 2. The molecule has 26 heavy (non-hydrogen) atoms. The van der Waals surface area contributed by atoms with Crippen LogP contribution in [0.4, 0.5) is 23.1 Å². The minimum absolute atomic E-state index is 0.376. The van der Waals surface area contributed by atoms with Crippen molar-refractivity contribution < 1.29 is 9.47 Å². The summed E-state index contributed by atoms with van der Waals surface area (Å²) in [4.78, 5) is 8.64. The first-order valence-electron chi connectivity index (χ1n) is 7.63. The second-order valence-corrected chi connectivity index (χ2v) is 6.05. The SMILES string of the molecule is COc1ccc(OC)c(Nc2ccnc(Nc3cc(Cl)ccc3Cl)n2)c1. The summed E-state index contributed by atoms with van der Waals surface area (Å²) in [5.41, 5.74) is 1.34. The van der Waals surface area contributed by atoms with Crippen LogP contribution < -0.4 is 20.1 Å². The van der Waals surface area contributed by atoms with Gasteiger partial charge in [-0.25, -0.2) is 4.98 Å². The van der Waals surface area contributed by atoms with E-state index in [0.29, 0.717) is 39.0 Å². The number of hydrogen-bond donors (Lipinski definition) is 2. The molecule has 2 N–H and O–H groups in total. The molecule has 2 aromatic carbocycles. The van der Waals surface area contributed by atoms with E-state index in [4.69, 9.17) is 32.7 Å². The van der Waals surface area contributed by atoms with Crippen LogP contribution in [0.1, 0.15) is 0 Å². The number of nitrogens with zero attached hydrogens (tertiary/aromatic N) is 2. The van der Waals surface area contributed by atoms with Gasteiger partial charge in [-0.15, -0.1) is 0 Å². The van der Waals surface area contributed by atoms with E-state index in [-0.39, 0.29) is 0 Å². The van der Waals surface area contributed by atoms with Gasteiger partial charge in [-0.2, -0.15) is 4.98 Å². The quantitative estimate of drug-likeness (QED) is 0.595. The van der Waals surface area contributed by atoms with Crippen LogP contribution in [-0.4, -0.2) is 24.2 Å². The van der Waals surface area contributed by atoms with Gasteiger partial charge >= 0.3 is 0 Å². The average Bonchev–Trinajstić information content (AvgIpc) is 2.65. The van der Waals surface area contributed by atoms with Crippen LogP contribution in [-0.2, 0) is 0 Å². The predicted octanol–water partition coefficient (Wildman–Crippen LogP) is 5.29. The van der Waals surface area contributed by atoms with Crippen molar-refractivity contribution in [3.8, 4) is 11.5 Å². The Bertz CT molecular complexity index is 921. The molecule has 0 saturated carbocycles. The van der Waals surface area contributed by atoms with Gasteiger partial charge < -0.3 is 20.1 Å². The number of nitrogens with one attached hydrogen (secondary N) is 2. The molecule has 1 aromatic heterocycles. The number of halogens is 2. The van der Waals surface area contributed by atoms with Crippen LogP contribution in [0.25, 0.3) is 0 Å². The Morgan fingerprint density at radius 1 is 0.885 bits per heavy atom. The lowest BCUT2D eigenvalue weighted by atomic mass is 10.2. The number of benzene rings is 2. The Balaban J connectivity index is 1.85. The Morgan fingerprint density at radius 2 is 1.73 bits per heavy atom. The third-order valence-corrected chi connectivity index (χ3v) is 4.06. The lowest BCUT2D eigenvalue weighted by molar-refractivity contribution is 0.405.